The Hall–Kier alpha value is -2.50. The van der Waals surface area contributed by atoms with Gasteiger partial charge in [-0.3, -0.25) is 19.7 Å². The maximum absolute atomic E-state index is 12.0. The second-order valence-corrected chi connectivity index (χ2v) is 6.78. The number of nitrogens with two attached hydrogens (primary N) is 1. The fourth-order valence-electron chi connectivity index (χ4n) is 3.18. The summed E-state index contributed by atoms with van der Waals surface area (Å²) >= 11 is 0. The Morgan fingerprint density at radius 2 is 2.19 bits per heavy atom. The number of nitrogens with zero attached hydrogens (tertiary/aromatic N) is 3. The molecule has 2 rings (SSSR count). The number of anilines is 1. The highest BCUT2D eigenvalue weighted by Gasteiger charge is 2.52. The fourth-order valence-corrected chi connectivity index (χ4v) is 3.18. The first kappa shape index (κ1) is 19.8. The molecule has 11 heteroatoms. The van der Waals surface area contributed by atoms with Crippen molar-refractivity contribution in [2.75, 3.05) is 12.8 Å². The van der Waals surface area contributed by atoms with Crippen molar-refractivity contribution in [3.63, 3.8) is 0 Å². The number of aliphatic carboxylic acids is 1. The van der Waals surface area contributed by atoms with Gasteiger partial charge in [-0.1, -0.05) is 13.8 Å². The van der Waals surface area contributed by atoms with Crippen LogP contribution in [0.25, 0.3) is 11.2 Å². The SMILES string of the molecule is CNC(OCn1cnc2c(=O)[nH]c(N)nc21)(C(=O)O)C(C)(C)C[C@@H](C)O. The molecule has 2 aromatic rings. The molecule has 0 aliphatic heterocycles. The van der Waals surface area contributed by atoms with Gasteiger partial charge in [-0.05, 0) is 20.4 Å². The molecule has 0 fully saturated rings. The number of hydrogen-bond acceptors (Lipinski definition) is 8. The molecule has 0 aromatic carbocycles. The average Bonchev–Trinajstić information content (AvgIpc) is 2.89. The molecule has 6 N–H and O–H groups in total. The summed E-state index contributed by atoms with van der Waals surface area (Å²) in [5, 5.41) is 22.3. The van der Waals surface area contributed by atoms with Gasteiger partial charge in [0.15, 0.2) is 11.2 Å². The fraction of sp³-hybridized carbons (Fsp3) is 0.600. The standard InChI is InChI=1S/C15H24N6O5/c1-8(22)5-14(2,3)15(17-4,12(24)25)26-7-21-6-18-9-10(21)19-13(16)20-11(9)23/h6,8,17,22H,5,7H2,1-4H3,(H,24,25)(H3,16,19,20,23)/t8-,15?/m1/s1. The Morgan fingerprint density at radius 3 is 2.73 bits per heavy atom. The maximum atomic E-state index is 12.0. The first-order valence-corrected chi connectivity index (χ1v) is 7.99. The monoisotopic (exact) mass is 368 g/mol. The van der Waals surface area contributed by atoms with Crippen LogP contribution in [0.15, 0.2) is 11.1 Å². The van der Waals surface area contributed by atoms with E-state index < -0.39 is 28.8 Å². The van der Waals surface area contributed by atoms with Gasteiger partial charge in [-0.25, -0.2) is 9.78 Å². The molecule has 0 saturated heterocycles. The second kappa shape index (κ2) is 7.02. The smallest absolute Gasteiger partial charge is 0.352 e. The third kappa shape index (κ3) is 3.41. The number of nitrogen functional groups attached to an aromatic ring is 1. The molecule has 1 unspecified atom stereocenters. The third-order valence-electron chi connectivity index (χ3n) is 4.33. The van der Waals surface area contributed by atoms with Crippen molar-refractivity contribution in [3.8, 4) is 0 Å². The number of rotatable bonds is 8. The molecule has 26 heavy (non-hydrogen) atoms. The molecule has 0 aliphatic rings. The van der Waals surface area contributed by atoms with Crippen molar-refractivity contribution in [1.29, 1.82) is 0 Å². The van der Waals surface area contributed by atoms with Gasteiger partial charge in [0.25, 0.3) is 5.56 Å². The van der Waals surface area contributed by atoms with Gasteiger partial charge in [0, 0.05) is 5.41 Å². The van der Waals surface area contributed by atoms with Crippen LogP contribution < -0.4 is 16.6 Å². The van der Waals surface area contributed by atoms with E-state index in [2.05, 4.69) is 20.3 Å². The molecule has 0 bridgehead atoms. The second-order valence-electron chi connectivity index (χ2n) is 6.78. The third-order valence-corrected chi connectivity index (χ3v) is 4.33. The first-order valence-electron chi connectivity index (χ1n) is 7.99. The zero-order valence-corrected chi connectivity index (χ0v) is 15.1. The van der Waals surface area contributed by atoms with Gasteiger partial charge in [-0.15, -0.1) is 0 Å². The molecule has 0 aliphatic carbocycles. The van der Waals surface area contributed by atoms with Gasteiger partial charge >= 0.3 is 5.97 Å². The number of fused-ring (bicyclic) bond motifs is 1. The Balaban J connectivity index is 2.40. The van der Waals surface area contributed by atoms with E-state index >= 15 is 0 Å². The number of ether oxygens (including phenoxy) is 1. The van der Waals surface area contributed by atoms with E-state index in [1.165, 1.54) is 17.9 Å². The van der Waals surface area contributed by atoms with Gasteiger partial charge in [0.05, 0.1) is 12.4 Å². The molecule has 144 valence electrons. The highest BCUT2D eigenvalue weighted by molar-refractivity contribution is 5.78. The van der Waals surface area contributed by atoms with Crippen molar-refractivity contribution in [1.82, 2.24) is 24.8 Å². The number of aromatic amines is 1. The van der Waals surface area contributed by atoms with Gasteiger partial charge in [0.2, 0.25) is 11.7 Å². The number of carboxylic acid groups (broad SMARTS) is 1. The minimum Gasteiger partial charge on any atom is -0.478 e. The Kier molecular flexibility index (Phi) is 5.35. The molecule has 11 nitrogen and oxygen atoms in total. The predicted molar refractivity (Wildman–Crippen MR) is 93.2 cm³/mol. The summed E-state index contributed by atoms with van der Waals surface area (Å²) in [5.41, 5.74) is 2.52. The molecule has 0 saturated carbocycles. The lowest BCUT2D eigenvalue weighted by Crippen LogP contribution is -2.63. The first-order chi connectivity index (χ1) is 12.0. The normalized spacial score (nSPS) is 15.7. The van der Waals surface area contributed by atoms with Crippen molar-refractivity contribution >= 4 is 23.1 Å². The van der Waals surface area contributed by atoms with E-state index in [4.69, 9.17) is 10.5 Å². The minimum absolute atomic E-state index is 0.0661. The molecule has 2 aromatic heterocycles. The number of H-pyrrole nitrogens is 1. The van der Waals surface area contributed by atoms with Crippen LogP contribution in [0.1, 0.15) is 27.2 Å². The van der Waals surface area contributed by atoms with Gasteiger partial charge in [0.1, 0.15) is 6.73 Å². The topological polar surface area (TPSA) is 168 Å². The van der Waals surface area contributed by atoms with Crippen LogP contribution in [0, 0.1) is 5.41 Å². The largest absolute Gasteiger partial charge is 0.478 e. The number of likely N-dealkylation sites (N-methyl/N-ethyl adjacent to an activating group) is 1. The molecule has 2 atom stereocenters. The number of hydrogen-bond donors (Lipinski definition) is 5. The molecule has 2 heterocycles. The predicted octanol–water partition coefficient (Wildman–Crippen LogP) is -0.527. The van der Waals surface area contributed by atoms with Crippen LogP contribution in [0.3, 0.4) is 0 Å². The highest BCUT2D eigenvalue weighted by Crippen LogP contribution is 2.37. The minimum atomic E-state index is -1.80. The highest BCUT2D eigenvalue weighted by atomic mass is 16.6. The van der Waals surface area contributed by atoms with Gasteiger partial charge in [-0.2, -0.15) is 4.98 Å². The lowest BCUT2D eigenvalue weighted by molar-refractivity contribution is -0.205. The summed E-state index contributed by atoms with van der Waals surface area (Å²) in [6.45, 7) is 4.68. The molecule has 0 radical (unpaired) electrons. The van der Waals surface area contributed by atoms with Crippen LogP contribution in [-0.2, 0) is 16.3 Å². The van der Waals surface area contributed by atoms with Crippen molar-refractivity contribution in [2.24, 2.45) is 5.41 Å². The van der Waals surface area contributed by atoms with E-state index in [1.807, 2.05) is 0 Å². The van der Waals surface area contributed by atoms with Crippen molar-refractivity contribution < 1.29 is 19.7 Å². The summed E-state index contributed by atoms with van der Waals surface area (Å²) in [6.07, 6.45) is 0.765. The van der Waals surface area contributed by atoms with Crippen LogP contribution in [-0.4, -0.2) is 54.6 Å². The summed E-state index contributed by atoms with van der Waals surface area (Å²) in [7, 11) is 1.46. The van der Waals surface area contributed by atoms with Crippen LogP contribution in [0.2, 0.25) is 0 Å². The summed E-state index contributed by atoms with van der Waals surface area (Å²) < 4.78 is 7.13. The van der Waals surface area contributed by atoms with E-state index in [0.29, 0.717) is 0 Å². The quantitative estimate of drug-likeness (QED) is 0.385. The Morgan fingerprint density at radius 1 is 1.54 bits per heavy atom. The maximum Gasteiger partial charge on any atom is 0.352 e. The average molecular weight is 368 g/mol. The van der Waals surface area contributed by atoms with Gasteiger partial charge < -0.3 is 20.7 Å². The lowest BCUT2D eigenvalue weighted by Gasteiger charge is -2.43. The van der Waals surface area contributed by atoms with Crippen LogP contribution >= 0.6 is 0 Å². The zero-order valence-electron chi connectivity index (χ0n) is 15.1. The van der Waals surface area contributed by atoms with E-state index in [9.17, 15) is 19.8 Å². The lowest BCUT2D eigenvalue weighted by atomic mass is 9.76. The zero-order chi connectivity index (χ0) is 19.7. The van der Waals surface area contributed by atoms with E-state index in [1.54, 1.807) is 20.8 Å². The molecule has 0 amide bonds. The van der Waals surface area contributed by atoms with Crippen molar-refractivity contribution in [2.45, 2.75) is 45.8 Å². The number of nitrogens with one attached hydrogen (secondary N) is 2. The number of aromatic nitrogens is 4. The van der Waals surface area contributed by atoms with Crippen molar-refractivity contribution in [3.05, 3.63) is 16.7 Å². The number of aliphatic hydroxyl groups excluding tert-OH is 1. The number of imidazole rings is 1. The Labute approximate surface area is 149 Å². The molecular weight excluding hydrogens is 344 g/mol. The number of carbonyl (C=O) groups is 1. The van der Waals surface area contributed by atoms with E-state index in [-0.39, 0.29) is 30.3 Å². The summed E-state index contributed by atoms with van der Waals surface area (Å²) in [6, 6.07) is 0. The number of carboxylic acids is 1. The summed E-state index contributed by atoms with van der Waals surface area (Å²) in [5.74, 6) is -1.32. The molecular formula is C15H24N6O5. The summed E-state index contributed by atoms with van der Waals surface area (Å²) in [4.78, 5) is 34.2. The number of aliphatic hydroxyl groups is 1. The Bertz CT molecular complexity index is 858. The van der Waals surface area contributed by atoms with E-state index in [0.717, 1.165) is 0 Å². The molecule has 0 spiro atoms. The van der Waals surface area contributed by atoms with Crippen LogP contribution in [0.4, 0.5) is 5.95 Å². The van der Waals surface area contributed by atoms with Crippen LogP contribution in [0.5, 0.6) is 0 Å².